The minimum absolute atomic E-state index is 0.336. The number of hydroxylamine groups is 2. The van der Waals surface area contributed by atoms with Crippen molar-refractivity contribution in [1.82, 2.24) is 5.06 Å². The van der Waals surface area contributed by atoms with Crippen molar-refractivity contribution in [2.45, 2.75) is 18.9 Å². The van der Waals surface area contributed by atoms with Crippen LogP contribution in [0, 0.1) is 0 Å². The van der Waals surface area contributed by atoms with E-state index in [-0.39, 0.29) is 0 Å². The number of carboxylic acid groups (broad SMARTS) is 1. The molecule has 0 radical (unpaired) electrons. The number of rotatable bonds is 5. The number of nitrogens with zero attached hydrogens (tertiary/aromatic N) is 1. The zero-order valence-corrected chi connectivity index (χ0v) is 10.0. The van der Waals surface area contributed by atoms with Gasteiger partial charge in [0.1, 0.15) is 6.04 Å². The summed E-state index contributed by atoms with van der Waals surface area (Å²) >= 11 is 0. The molecule has 0 bridgehead atoms. The number of aliphatic carboxylic acids is 1. The zero-order chi connectivity index (χ0) is 13.7. The van der Waals surface area contributed by atoms with E-state index in [0.29, 0.717) is 23.5 Å². The lowest BCUT2D eigenvalue weighted by Crippen LogP contribution is -2.30. The van der Waals surface area contributed by atoms with Crippen LogP contribution in [0.3, 0.4) is 0 Å². The molecule has 98 valence electrons. The van der Waals surface area contributed by atoms with E-state index in [9.17, 15) is 9.59 Å². The first-order valence-corrected chi connectivity index (χ1v) is 5.46. The highest BCUT2D eigenvalue weighted by Crippen LogP contribution is 2.09. The van der Waals surface area contributed by atoms with Gasteiger partial charge in [0.2, 0.25) is 0 Å². The Morgan fingerprint density at radius 1 is 1.33 bits per heavy atom. The van der Waals surface area contributed by atoms with Crippen molar-refractivity contribution in [1.29, 1.82) is 0 Å². The maximum Gasteiger partial charge on any atom is 0.320 e. The maximum atomic E-state index is 11.4. The SMILES string of the molecule is CN(O)C(=O)c1ccc(CC[C@H](N)C(=O)O)cc1. The van der Waals surface area contributed by atoms with Crippen LogP contribution in [-0.2, 0) is 11.2 Å². The summed E-state index contributed by atoms with van der Waals surface area (Å²) in [7, 11) is 1.25. The fourth-order valence-corrected chi connectivity index (χ4v) is 1.45. The third-order valence-corrected chi connectivity index (χ3v) is 2.56. The molecule has 0 unspecified atom stereocenters. The Morgan fingerprint density at radius 3 is 2.33 bits per heavy atom. The molecule has 0 aromatic heterocycles. The van der Waals surface area contributed by atoms with Crippen molar-refractivity contribution in [2.24, 2.45) is 5.73 Å². The minimum Gasteiger partial charge on any atom is -0.480 e. The van der Waals surface area contributed by atoms with Crippen LogP contribution in [0.25, 0.3) is 0 Å². The van der Waals surface area contributed by atoms with Crippen molar-refractivity contribution in [3.8, 4) is 0 Å². The molecule has 6 nitrogen and oxygen atoms in total. The fourth-order valence-electron chi connectivity index (χ4n) is 1.45. The van der Waals surface area contributed by atoms with E-state index in [4.69, 9.17) is 16.0 Å². The Morgan fingerprint density at radius 2 is 1.89 bits per heavy atom. The first kappa shape index (κ1) is 14.1. The first-order valence-electron chi connectivity index (χ1n) is 5.46. The number of aryl methyl sites for hydroxylation is 1. The number of nitrogens with two attached hydrogens (primary N) is 1. The Labute approximate surface area is 105 Å². The normalized spacial score (nSPS) is 11.9. The van der Waals surface area contributed by atoms with Crippen molar-refractivity contribution in [3.05, 3.63) is 35.4 Å². The van der Waals surface area contributed by atoms with Gasteiger partial charge in [-0.05, 0) is 30.5 Å². The van der Waals surface area contributed by atoms with Crippen molar-refractivity contribution in [2.75, 3.05) is 7.05 Å². The van der Waals surface area contributed by atoms with Gasteiger partial charge in [0.25, 0.3) is 5.91 Å². The summed E-state index contributed by atoms with van der Waals surface area (Å²) in [5.41, 5.74) is 6.65. The molecular formula is C12H16N2O4. The van der Waals surface area contributed by atoms with Crippen molar-refractivity contribution in [3.63, 3.8) is 0 Å². The van der Waals surface area contributed by atoms with Gasteiger partial charge in [0.05, 0.1) is 0 Å². The highest BCUT2D eigenvalue weighted by Gasteiger charge is 2.12. The molecule has 0 saturated carbocycles. The topological polar surface area (TPSA) is 104 Å². The molecule has 1 amide bonds. The number of carbonyl (C=O) groups is 2. The molecule has 18 heavy (non-hydrogen) atoms. The third-order valence-electron chi connectivity index (χ3n) is 2.56. The summed E-state index contributed by atoms with van der Waals surface area (Å²) in [5, 5.41) is 18.1. The quantitative estimate of drug-likeness (QED) is 0.522. The van der Waals surface area contributed by atoms with Gasteiger partial charge in [-0.2, -0.15) is 0 Å². The van der Waals surface area contributed by atoms with Gasteiger partial charge in [-0.15, -0.1) is 0 Å². The summed E-state index contributed by atoms with van der Waals surface area (Å²) in [6.07, 6.45) is 0.861. The molecular weight excluding hydrogens is 236 g/mol. The van der Waals surface area contributed by atoms with E-state index < -0.39 is 17.9 Å². The van der Waals surface area contributed by atoms with E-state index >= 15 is 0 Å². The maximum absolute atomic E-state index is 11.4. The number of hydrogen-bond acceptors (Lipinski definition) is 4. The van der Waals surface area contributed by atoms with Crippen LogP contribution in [0.5, 0.6) is 0 Å². The molecule has 0 heterocycles. The highest BCUT2D eigenvalue weighted by molar-refractivity contribution is 5.93. The summed E-state index contributed by atoms with van der Waals surface area (Å²) in [4.78, 5) is 21.9. The van der Waals surface area contributed by atoms with E-state index in [0.717, 1.165) is 5.56 Å². The average molecular weight is 252 g/mol. The van der Waals surface area contributed by atoms with Crippen LogP contribution < -0.4 is 5.73 Å². The van der Waals surface area contributed by atoms with E-state index in [2.05, 4.69) is 0 Å². The van der Waals surface area contributed by atoms with Crippen LogP contribution in [-0.4, -0.2) is 40.3 Å². The van der Waals surface area contributed by atoms with Gasteiger partial charge in [-0.25, -0.2) is 5.06 Å². The Bertz CT molecular complexity index is 428. The lowest BCUT2D eigenvalue weighted by Gasteiger charge is -2.09. The standard InChI is InChI=1S/C12H16N2O4/c1-14(18)11(15)9-5-2-8(3-6-9)4-7-10(13)12(16)17/h2-3,5-6,10,18H,4,7,13H2,1H3,(H,16,17)/t10-/m0/s1. The molecule has 1 aromatic rings. The first-order chi connectivity index (χ1) is 8.41. The van der Waals surface area contributed by atoms with Gasteiger partial charge >= 0.3 is 5.97 Å². The van der Waals surface area contributed by atoms with Crippen LogP contribution in [0.4, 0.5) is 0 Å². The number of carboxylic acids is 1. The van der Waals surface area contributed by atoms with Gasteiger partial charge in [-0.3, -0.25) is 14.8 Å². The summed E-state index contributed by atoms with van der Waals surface area (Å²) < 4.78 is 0. The average Bonchev–Trinajstić information content (AvgIpc) is 2.35. The molecule has 1 rings (SSSR count). The second-order valence-corrected chi connectivity index (χ2v) is 4.01. The Balaban J connectivity index is 2.61. The van der Waals surface area contributed by atoms with E-state index in [1.165, 1.54) is 7.05 Å². The van der Waals surface area contributed by atoms with Gasteiger partial charge < -0.3 is 10.8 Å². The molecule has 0 aliphatic rings. The molecule has 0 saturated heterocycles. The molecule has 1 aromatic carbocycles. The fraction of sp³-hybridized carbons (Fsp3) is 0.333. The second-order valence-electron chi connectivity index (χ2n) is 4.01. The number of benzene rings is 1. The Kier molecular flexibility index (Phi) is 4.82. The predicted octanol–water partition coefficient (Wildman–Crippen LogP) is 0.492. The minimum atomic E-state index is -1.02. The number of amides is 1. The van der Waals surface area contributed by atoms with Crippen LogP contribution in [0.2, 0.25) is 0 Å². The number of hydrogen-bond donors (Lipinski definition) is 3. The second kappa shape index (κ2) is 6.13. The van der Waals surface area contributed by atoms with Gasteiger partial charge in [-0.1, -0.05) is 12.1 Å². The largest absolute Gasteiger partial charge is 0.480 e. The van der Waals surface area contributed by atoms with Crippen molar-refractivity contribution >= 4 is 11.9 Å². The molecule has 0 aliphatic heterocycles. The van der Waals surface area contributed by atoms with Crippen molar-refractivity contribution < 1.29 is 19.9 Å². The highest BCUT2D eigenvalue weighted by atomic mass is 16.5. The summed E-state index contributed by atoms with van der Waals surface area (Å²) in [6.45, 7) is 0. The predicted molar refractivity (Wildman–Crippen MR) is 64.3 cm³/mol. The van der Waals surface area contributed by atoms with Crippen LogP contribution in [0.1, 0.15) is 22.3 Å². The molecule has 6 heteroatoms. The van der Waals surface area contributed by atoms with E-state index in [1.54, 1.807) is 24.3 Å². The van der Waals surface area contributed by atoms with Gasteiger partial charge in [0, 0.05) is 12.6 Å². The lowest BCUT2D eigenvalue weighted by molar-refractivity contribution is -0.138. The molecule has 1 atom stereocenters. The molecule has 4 N–H and O–H groups in total. The van der Waals surface area contributed by atoms with Gasteiger partial charge in [0.15, 0.2) is 0 Å². The van der Waals surface area contributed by atoms with E-state index in [1.807, 2.05) is 0 Å². The molecule has 0 aliphatic carbocycles. The van der Waals surface area contributed by atoms with Crippen LogP contribution in [0.15, 0.2) is 24.3 Å². The zero-order valence-electron chi connectivity index (χ0n) is 10.0. The molecule has 0 fully saturated rings. The summed E-state index contributed by atoms with van der Waals surface area (Å²) in [6, 6.07) is 5.71. The summed E-state index contributed by atoms with van der Waals surface area (Å²) in [5.74, 6) is -1.52. The third kappa shape index (κ3) is 3.83. The van der Waals surface area contributed by atoms with Crippen LogP contribution >= 0.6 is 0 Å². The Hall–Kier alpha value is -1.92. The smallest absolute Gasteiger partial charge is 0.320 e. The number of carbonyl (C=O) groups excluding carboxylic acids is 1. The monoisotopic (exact) mass is 252 g/mol. The molecule has 0 spiro atoms. The lowest BCUT2D eigenvalue weighted by atomic mass is 10.0.